The molecule has 0 aromatic carbocycles. The molecular formula is C6H10O2. The summed E-state index contributed by atoms with van der Waals surface area (Å²) in [6.45, 7) is 4.49. The third-order valence-corrected chi connectivity index (χ3v) is 0.572. The van der Waals surface area contributed by atoms with Crippen LogP contribution in [-0.2, 0) is 9.47 Å². The van der Waals surface area contributed by atoms with E-state index in [0.29, 0.717) is 13.2 Å². The van der Waals surface area contributed by atoms with Crippen LogP contribution in [0.3, 0.4) is 0 Å². The first-order valence-electron chi connectivity index (χ1n) is 2.36. The molecule has 0 bridgehead atoms. The van der Waals surface area contributed by atoms with E-state index in [2.05, 4.69) is 12.3 Å². The Bertz CT molecular complexity index is 82.5. The zero-order valence-electron chi connectivity index (χ0n) is 5.02. The summed E-state index contributed by atoms with van der Waals surface area (Å²) in [6, 6.07) is 0. The van der Waals surface area contributed by atoms with Gasteiger partial charge in [-0.3, -0.25) is 0 Å². The van der Waals surface area contributed by atoms with Crippen molar-refractivity contribution < 1.29 is 9.47 Å². The van der Waals surface area contributed by atoms with E-state index in [-0.39, 0.29) is 0 Å². The molecule has 0 rings (SSSR count). The number of ether oxygens (including phenoxy) is 2. The minimum Gasteiger partial charge on any atom is -0.491 e. The molecule has 0 saturated heterocycles. The molecule has 0 aromatic heterocycles. The lowest BCUT2D eigenvalue weighted by Gasteiger charge is -1.94. The van der Waals surface area contributed by atoms with Gasteiger partial charge in [0.2, 0.25) is 0 Å². The molecule has 0 aliphatic carbocycles. The van der Waals surface area contributed by atoms with Crippen LogP contribution in [0.2, 0.25) is 0 Å². The van der Waals surface area contributed by atoms with Gasteiger partial charge in [-0.2, -0.15) is 0 Å². The number of methoxy groups -OCH3 is 1. The topological polar surface area (TPSA) is 18.5 Å². The SMILES string of the molecule is C=C=COCCOC. The molecule has 0 fully saturated rings. The lowest BCUT2D eigenvalue weighted by atomic mass is 10.8. The summed E-state index contributed by atoms with van der Waals surface area (Å²) >= 11 is 0. The fourth-order valence-electron chi connectivity index (χ4n) is 0.249. The second-order valence-corrected chi connectivity index (χ2v) is 1.19. The van der Waals surface area contributed by atoms with Crippen molar-refractivity contribution in [2.45, 2.75) is 0 Å². The van der Waals surface area contributed by atoms with E-state index in [1.54, 1.807) is 7.11 Å². The molecule has 0 aromatic rings. The van der Waals surface area contributed by atoms with Crippen LogP contribution in [0, 0.1) is 0 Å². The van der Waals surface area contributed by atoms with Crippen molar-refractivity contribution in [1.29, 1.82) is 0 Å². The molecule has 0 radical (unpaired) electrons. The highest BCUT2D eigenvalue weighted by atomic mass is 16.5. The number of hydrogen-bond donors (Lipinski definition) is 0. The lowest BCUT2D eigenvalue weighted by Crippen LogP contribution is -1.95. The highest BCUT2D eigenvalue weighted by Crippen LogP contribution is 1.73. The fraction of sp³-hybridized carbons (Fsp3) is 0.500. The van der Waals surface area contributed by atoms with Crippen molar-refractivity contribution in [3.05, 3.63) is 18.6 Å². The van der Waals surface area contributed by atoms with E-state index in [1.807, 2.05) is 0 Å². The van der Waals surface area contributed by atoms with E-state index in [9.17, 15) is 0 Å². The Kier molecular flexibility index (Phi) is 5.71. The molecule has 0 amide bonds. The predicted octanol–water partition coefficient (Wildman–Crippen LogP) is 0.948. The summed E-state index contributed by atoms with van der Waals surface area (Å²) in [4.78, 5) is 0. The van der Waals surface area contributed by atoms with Crippen LogP contribution in [0.25, 0.3) is 0 Å². The van der Waals surface area contributed by atoms with Crippen molar-refractivity contribution >= 4 is 0 Å². The first kappa shape index (κ1) is 7.28. The van der Waals surface area contributed by atoms with Gasteiger partial charge in [-0.05, 0) is 0 Å². The average Bonchev–Trinajstić information content (AvgIpc) is 1.81. The van der Waals surface area contributed by atoms with Crippen LogP contribution in [0.5, 0.6) is 0 Å². The molecular weight excluding hydrogens is 104 g/mol. The maximum absolute atomic E-state index is 4.80. The van der Waals surface area contributed by atoms with Crippen molar-refractivity contribution in [2.24, 2.45) is 0 Å². The molecule has 46 valence electrons. The molecule has 2 heteroatoms. The zero-order valence-corrected chi connectivity index (χ0v) is 5.02. The minimum absolute atomic E-state index is 0.568. The minimum atomic E-state index is 0.568. The van der Waals surface area contributed by atoms with E-state index < -0.39 is 0 Å². The quantitative estimate of drug-likeness (QED) is 0.308. The predicted molar refractivity (Wildman–Crippen MR) is 31.5 cm³/mol. The van der Waals surface area contributed by atoms with Crippen LogP contribution >= 0.6 is 0 Å². The molecule has 2 nitrogen and oxygen atoms in total. The number of rotatable bonds is 4. The maximum atomic E-state index is 4.80. The van der Waals surface area contributed by atoms with E-state index in [1.165, 1.54) is 6.26 Å². The summed E-state index contributed by atoms with van der Waals surface area (Å²) in [5.41, 5.74) is 2.47. The van der Waals surface area contributed by atoms with Crippen molar-refractivity contribution in [1.82, 2.24) is 0 Å². The van der Waals surface area contributed by atoms with Crippen LogP contribution < -0.4 is 0 Å². The van der Waals surface area contributed by atoms with Gasteiger partial charge in [0.15, 0.2) is 0 Å². The van der Waals surface area contributed by atoms with Gasteiger partial charge in [-0.25, -0.2) is 0 Å². The third-order valence-electron chi connectivity index (χ3n) is 0.572. The van der Waals surface area contributed by atoms with Gasteiger partial charge in [0.05, 0.1) is 6.61 Å². The van der Waals surface area contributed by atoms with E-state index in [0.717, 1.165) is 0 Å². The molecule has 0 heterocycles. The highest BCUT2D eigenvalue weighted by Gasteiger charge is 1.76. The van der Waals surface area contributed by atoms with Gasteiger partial charge in [0.1, 0.15) is 12.9 Å². The Morgan fingerprint density at radius 3 is 2.88 bits per heavy atom. The first-order valence-corrected chi connectivity index (χ1v) is 2.36. The molecule has 0 saturated carbocycles. The Labute approximate surface area is 49.4 Å². The van der Waals surface area contributed by atoms with Crippen LogP contribution in [0.4, 0.5) is 0 Å². The Morgan fingerprint density at radius 1 is 1.62 bits per heavy atom. The van der Waals surface area contributed by atoms with Gasteiger partial charge >= 0.3 is 0 Å². The standard InChI is InChI=1S/C6H10O2/c1-3-4-8-6-5-7-2/h4H,1,5-6H2,2H3. The molecule has 0 aliphatic rings. The third kappa shape index (κ3) is 5.28. The van der Waals surface area contributed by atoms with Crippen LogP contribution in [-0.4, -0.2) is 20.3 Å². The highest BCUT2D eigenvalue weighted by molar-refractivity contribution is 4.63. The van der Waals surface area contributed by atoms with Crippen LogP contribution in [0.1, 0.15) is 0 Å². The largest absolute Gasteiger partial charge is 0.491 e. The molecule has 0 N–H and O–H groups in total. The average molecular weight is 114 g/mol. The van der Waals surface area contributed by atoms with Gasteiger partial charge in [-0.15, -0.1) is 0 Å². The smallest absolute Gasteiger partial charge is 0.125 e. The summed E-state index contributed by atoms with van der Waals surface area (Å²) in [6.07, 6.45) is 1.42. The van der Waals surface area contributed by atoms with Crippen LogP contribution in [0.15, 0.2) is 18.6 Å². The maximum Gasteiger partial charge on any atom is 0.125 e. The summed E-state index contributed by atoms with van der Waals surface area (Å²) in [5.74, 6) is 0. The van der Waals surface area contributed by atoms with Gasteiger partial charge in [0, 0.05) is 7.11 Å². The van der Waals surface area contributed by atoms with Crippen molar-refractivity contribution in [3.8, 4) is 0 Å². The van der Waals surface area contributed by atoms with Gasteiger partial charge < -0.3 is 9.47 Å². The van der Waals surface area contributed by atoms with E-state index >= 15 is 0 Å². The molecule has 0 atom stereocenters. The first-order chi connectivity index (χ1) is 3.91. The number of hydrogen-bond acceptors (Lipinski definition) is 2. The monoisotopic (exact) mass is 114 g/mol. The van der Waals surface area contributed by atoms with Crippen molar-refractivity contribution in [3.63, 3.8) is 0 Å². The van der Waals surface area contributed by atoms with Gasteiger partial charge in [0.25, 0.3) is 0 Å². The normalized spacial score (nSPS) is 7.62. The lowest BCUT2D eigenvalue weighted by molar-refractivity contribution is 0.124. The second-order valence-electron chi connectivity index (χ2n) is 1.19. The Balaban J connectivity index is 2.82. The molecule has 8 heavy (non-hydrogen) atoms. The summed E-state index contributed by atoms with van der Waals surface area (Å²) in [5, 5.41) is 0. The Hall–Kier alpha value is -0.720. The molecule has 0 aliphatic heterocycles. The van der Waals surface area contributed by atoms with Crippen molar-refractivity contribution in [2.75, 3.05) is 20.3 Å². The van der Waals surface area contributed by atoms with Gasteiger partial charge in [-0.1, -0.05) is 12.3 Å². The summed E-state index contributed by atoms with van der Waals surface area (Å²) < 4.78 is 9.49. The second kappa shape index (κ2) is 6.28. The molecule has 0 unspecified atom stereocenters. The Morgan fingerprint density at radius 2 is 2.38 bits per heavy atom. The fourth-order valence-corrected chi connectivity index (χ4v) is 0.249. The molecule has 0 spiro atoms. The summed E-state index contributed by atoms with van der Waals surface area (Å²) in [7, 11) is 1.63. The van der Waals surface area contributed by atoms with E-state index in [4.69, 9.17) is 9.47 Å². The zero-order chi connectivity index (χ0) is 6.24.